The number of carbonyl (C=O) groups excluding carboxylic acids is 4. The molecule has 1 aliphatic heterocycles. The molecular formula is C29H33FN4O5. The molecule has 9 nitrogen and oxygen atoms in total. The Morgan fingerprint density at radius 3 is 2.54 bits per heavy atom. The summed E-state index contributed by atoms with van der Waals surface area (Å²) in [5.74, 6) is -1.27. The van der Waals surface area contributed by atoms with Crippen molar-refractivity contribution in [1.29, 1.82) is 0 Å². The van der Waals surface area contributed by atoms with E-state index in [9.17, 15) is 23.6 Å². The van der Waals surface area contributed by atoms with Crippen LogP contribution in [0.5, 0.6) is 0 Å². The maximum atomic E-state index is 13.8. The molecule has 2 aliphatic carbocycles. The van der Waals surface area contributed by atoms with Crippen molar-refractivity contribution in [2.24, 2.45) is 5.41 Å². The number of rotatable bonds is 6. The highest BCUT2D eigenvalue weighted by atomic mass is 19.1. The van der Waals surface area contributed by atoms with Crippen LogP contribution in [0.2, 0.25) is 0 Å². The summed E-state index contributed by atoms with van der Waals surface area (Å²) < 4.78 is 19.2. The molecule has 1 saturated carbocycles. The van der Waals surface area contributed by atoms with Crippen molar-refractivity contribution < 1.29 is 28.3 Å². The van der Waals surface area contributed by atoms with Gasteiger partial charge in [-0.3, -0.25) is 9.59 Å². The lowest BCUT2D eigenvalue weighted by molar-refractivity contribution is -0.144. The second-order valence-electron chi connectivity index (χ2n) is 11.2. The van der Waals surface area contributed by atoms with E-state index in [2.05, 4.69) is 24.5 Å². The Labute approximate surface area is 226 Å². The van der Waals surface area contributed by atoms with E-state index < -0.39 is 24.1 Å². The lowest BCUT2D eigenvalue weighted by atomic mass is 9.86. The Morgan fingerprint density at radius 1 is 1.13 bits per heavy atom. The molecule has 2 unspecified atom stereocenters. The van der Waals surface area contributed by atoms with Crippen LogP contribution in [0.25, 0.3) is 0 Å². The highest BCUT2D eigenvalue weighted by Gasteiger charge is 2.58. The Hall–Kier alpha value is -3.95. The Kier molecular flexibility index (Phi) is 6.82. The lowest BCUT2D eigenvalue weighted by Gasteiger charge is -2.38. The zero-order chi connectivity index (χ0) is 27.9. The fourth-order valence-corrected chi connectivity index (χ4v) is 6.20. The van der Waals surface area contributed by atoms with Crippen molar-refractivity contribution in [3.8, 4) is 0 Å². The molecule has 1 saturated heterocycles. The molecule has 10 heteroatoms. The summed E-state index contributed by atoms with van der Waals surface area (Å²) in [6.07, 6.45) is 2.61. The third-order valence-electron chi connectivity index (χ3n) is 8.30. The number of fused-ring (bicyclic) bond motifs is 2. The first-order valence-corrected chi connectivity index (χ1v) is 13.2. The monoisotopic (exact) mass is 536 g/mol. The second-order valence-corrected chi connectivity index (χ2v) is 11.2. The zero-order valence-electron chi connectivity index (χ0n) is 22.4. The maximum Gasteiger partial charge on any atom is 0.418 e. The van der Waals surface area contributed by atoms with Gasteiger partial charge in [-0.25, -0.2) is 18.9 Å². The molecule has 1 heterocycles. The Morgan fingerprint density at radius 2 is 1.87 bits per heavy atom. The number of anilines is 1. The molecule has 2 aromatic carbocycles. The molecule has 39 heavy (non-hydrogen) atoms. The second kappa shape index (κ2) is 9.98. The number of nitrogens with zero attached hydrogens (tertiary/aromatic N) is 2. The average Bonchev–Trinajstić information content (AvgIpc) is 3.52. The van der Waals surface area contributed by atoms with E-state index in [1.165, 1.54) is 19.2 Å². The van der Waals surface area contributed by atoms with Gasteiger partial charge in [0, 0.05) is 37.3 Å². The number of ether oxygens (including phenoxy) is 1. The number of nitrogens with one attached hydrogen (secondary N) is 2. The summed E-state index contributed by atoms with van der Waals surface area (Å²) in [7, 11) is 1.51. The van der Waals surface area contributed by atoms with E-state index in [4.69, 9.17) is 4.74 Å². The summed E-state index contributed by atoms with van der Waals surface area (Å²) in [6.45, 7) is 4.05. The average molecular weight is 537 g/mol. The van der Waals surface area contributed by atoms with Gasteiger partial charge in [-0.1, -0.05) is 38.5 Å². The van der Waals surface area contributed by atoms with Crippen LogP contribution in [0, 0.1) is 11.2 Å². The van der Waals surface area contributed by atoms with Crippen LogP contribution in [0.1, 0.15) is 56.2 Å². The summed E-state index contributed by atoms with van der Waals surface area (Å²) >= 11 is 0. The van der Waals surface area contributed by atoms with Crippen LogP contribution in [0.3, 0.4) is 0 Å². The van der Waals surface area contributed by atoms with E-state index in [1.54, 1.807) is 35.2 Å². The van der Waals surface area contributed by atoms with Crippen molar-refractivity contribution >= 4 is 29.6 Å². The molecule has 5 rings (SSSR count). The number of carbonyl (C=O) groups is 4. The minimum atomic E-state index is -1.48. The SMILES string of the molecule is CNC(=O)Nc1ccc2c(c1)CCC21OC(=O)N(CC(=O)N(Cc2ccc(F)cc2)C2CCCC2(C)C)C1=O. The molecule has 2 aromatic rings. The third kappa shape index (κ3) is 4.84. The third-order valence-corrected chi connectivity index (χ3v) is 8.30. The van der Waals surface area contributed by atoms with Gasteiger partial charge in [-0.2, -0.15) is 0 Å². The van der Waals surface area contributed by atoms with Crippen LogP contribution < -0.4 is 10.6 Å². The van der Waals surface area contributed by atoms with Crippen molar-refractivity contribution in [3.05, 3.63) is 65.0 Å². The van der Waals surface area contributed by atoms with Gasteiger partial charge in [0.25, 0.3) is 5.91 Å². The number of benzene rings is 2. The van der Waals surface area contributed by atoms with Gasteiger partial charge < -0.3 is 20.3 Å². The highest BCUT2D eigenvalue weighted by molar-refractivity contribution is 6.06. The van der Waals surface area contributed by atoms with Gasteiger partial charge in [0.1, 0.15) is 12.4 Å². The number of hydrogen-bond acceptors (Lipinski definition) is 5. The van der Waals surface area contributed by atoms with Crippen LogP contribution in [0.4, 0.5) is 19.7 Å². The molecule has 0 aromatic heterocycles. The van der Waals surface area contributed by atoms with Gasteiger partial charge in [-0.15, -0.1) is 0 Å². The van der Waals surface area contributed by atoms with Gasteiger partial charge in [-0.05, 0) is 60.1 Å². The molecule has 0 radical (unpaired) electrons. The first-order valence-electron chi connectivity index (χ1n) is 13.2. The lowest BCUT2D eigenvalue weighted by Crippen LogP contribution is -2.50. The molecular weight excluding hydrogens is 503 g/mol. The van der Waals surface area contributed by atoms with Gasteiger partial charge >= 0.3 is 12.1 Å². The maximum absolute atomic E-state index is 13.8. The van der Waals surface area contributed by atoms with Crippen LogP contribution in [0.15, 0.2) is 42.5 Å². The minimum absolute atomic E-state index is 0.0869. The van der Waals surface area contributed by atoms with Crippen molar-refractivity contribution in [2.45, 2.75) is 64.1 Å². The summed E-state index contributed by atoms with van der Waals surface area (Å²) in [5.41, 5.74) is 1.07. The van der Waals surface area contributed by atoms with E-state index in [0.717, 1.165) is 35.3 Å². The molecule has 1 spiro atoms. The van der Waals surface area contributed by atoms with Crippen molar-refractivity contribution in [1.82, 2.24) is 15.1 Å². The Bertz CT molecular complexity index is 1330. The van der Waals surface area contributed by atoms with Gasteiger partial charge in [0.15, 0.2) is 0 Å². The van der Waals surface area contributed by atoms with E-state index in [0.29, 0.717) is 17.7 Å². The van der Waals surface area contributed by atoms with E-state index in [1.807, 2.05) is 0 Å². The highest BCUT2D eigenvalue weighted by Crippen LogP contribution is 2.46. The van der Waals surface area contributed by atoms with Gasteiger partial charge in [0.2, 0.25) is 11.5 Å². The summed E-state index contributed by atoms with van der Waals surface area (Å²) in [4.78, 5) is 54.8. The molecule has 2 fully saturated rings. The Balaban J connectivity index is 1.38. The molecule has 5 amide bonds. The molecule has 2 N–H and O–H groups in total. The van der Waals surface area contributed by atoms with E-state index >= 15 is 0 Å². The summed E-state index contributed by atoms with van der Waals surface area (Å²) in [5, 5.41) is 5.19. The van der Waals surface area contributed by atoms with Crippen LogP contribution >= 0.6 is 0 Å². The smallest absolute Gasteiger partial charge is 0.418 e. The van der Waals surface area contributed by atoms with Gasteiger partial charge in [0.05, 0.1) is 0 Å². The number of halogens is 1. The predicted molar refractivity (Wildman–Crippen MR) is 141 cm³/mol. The van der Waals surface area contributed by atoms with Crippen LogP contribution in [-0.4, -0.2) is 53.4 Å². The standard InChI is InChI=1S/C29H33FN4O5/c1-28(2)13-4-5-23(28)33(16-18-6-8-20(30)9-7-18)24(35)17-34-25(36)29(39-27(34)38)14-12-19-15-21(10-11-22(19)29)32-26(37)31-3/h6-11,15,23H,4-5,12-14,16-17H2,1-3H3,(H2,31,32,37). The predicted octanol–water partition coefficient (Wildman–Crippen LogP) is 4.30. The first-order chi connectivity index (χ1) is 18.5. The van der Waals surface area contributed by atoms with Crippen molar-refractivity contribution in [2.75, 3.05) is 18.9 Å². The molecule has 206 valence electrons. The first kappa shape index (κ1) is 26.6. The van der Waals surface area contributed by atoms with E-state index in [-0.39, 0.29) is 42.2 Å². The number of amides is 5. The fraction of sp³-hybridized carbons (Fsp3) is 0.448. The fourth-order valence-electron chi connectivity index (χ4n) is 6.20. The zero-order valence-corrected chi connectivity index (χ0v) is 22.4. The van der Waals surface area contributed by atoms with Crippen LogP contribution in [-0.2, 0) is 32.9 Å². The molecule has 0 bridgehead atoms. The largest absolute Gasteiger partial charge is 0.427 e. The minimum Gasteiger partial charge on any atom is -0.427 e. The molecule has 3 aliphatic rings. The normalized spacial score (nSPS) is 23.1. The number of hydrogen-bond donors (Lipinski definition) is 2. The quantitative estimate of drug-likeness (QED) is 0.572. The number of imide groups is 1. The summed E-state index contributed by atoms with van der Waals surface area (Å²) in [6, 6.07) is 10.7. The topological polar surface area (TPSA) is 108 Å². The van der Waals surface area contributed by atoms with Crippen molar-refractivity contribution in [3.63, 3.8) is 0 Å². The number of aryl methyl sites for hydroxylation is 1. The molecule has 2 atom stereocenters. The number of urea groups is 1.